The van der Waals surface area contributed by atoms with Gasteiger partial charge < -0.3 is 23.9 Å². The van der Waals surface area contributed by atoms with Gasteiger partial charge in [0.15, 0.2) is 11.5 Å². The number of carboxylic acid groups (broad SMARTS) is 1. The number of rotatable bonds is 9. The van der Waals surface area contributed by atoms with Crippen molar-refractivity contribution in [1.82, 2.24) is 24.4 Å². The summed E-state index contributed by atoms with van der Waals surface area (Å²) in [5.41, 5.74) is 5.19. The molecule has 10 nitrogen and oxygen atoms in total. The molecule has 3 aromatic heterocycles. The lowest BCUT2D eigenvalue weighted by Crippen LogP contribution is -2.34. The predicted molar refractivity (Wildman–Crippen MR) is 175 cm³/mol. The lowest BCUT2D eigenvalue weighted by molar-refractivity contribution is -0.0722. The van der Waals surface area contributed by atoms with Crippen LogP contribution in [0.3, 0.4) is 0 Å². The minimum absolute atomic E-state index is 0.129. The third-order valence-corrected chi connectivity index (χ3v) is 9.49. The van der Waals surface area contributed by atoms with Crippen LogP contribution >= 0.6 is 22.9 Å². The van der Waals surface area contributed by atoms with E-state index in [2.05, 4.69) is 25.5 Å². The van der Waals surface area contributed by atoms with E-state index in [1.54, 1.807) is 41.2 Å². The zero-order valence-electron chi connectivity index (χ0n) is 25.8. The molecule has 0 unspecified atom stereocenters. The molecule has 2 aromatic carbocycles. The Hall–Kier alpha value is -4.19. The van der Waals surface area contributed by atoms with Crippen LogP contribution in [0.5, 0.6) is 17.2 Å². The first-order valence-corrected chi connectivity index (χ1v) is 16.6. The minimum atomic E-state index is -1.03. The lowest BCUT2D eigenvalue weighted by atomic mass is 9.88. The molecule has 5 aromatic rings. The smallest absolute Gasteiger partial charge is 0.335 e. The van der Waals surface area contributed by atoms with E-state index in [-0.39, 0.29) is 11.7 Å². The van der Waals surface area contributed by atoms with Gasteiger partial charge in [0.05, 0.1) is 40.8 Å². The third-order valence-electron chi connectivity index (χ3n) is 8.50. The molecule has 1 fully saturated rings. The van der Waals surface area contributed by atoms with Gasteiger partial charge in [0, 0.05) is 29.8 Å². The van der Waals surface area contributed by atoms with Crippen molar-refractivity contribution in [3.63, 3.8) is 0 Å². The second kappa shape index (κ2) is 12.2. The summed E-state index contributed by atoms with van der Waals surface area (Å²) in [7, 11) is 0. The Morgan fingerprint density at radius 3 is 2.67 bits per heavy atom. The van der Waals surface area contributed by atoms with Gasteiger partial charge in [-0.2, -0.15) is 0 Å². The van der Waals surface area contributed by atoms with Gasteiger partial charge in [-0.3, -0.25) is 14.9 Å². The van der Waals surface area contributed by atoms with Gasteiger partial charge in [-0.25, -0.2) is 9.78 Å². The molecule has 12 heteroatoms. The number of likely N-dealkylation sites (tertiary alicyclic amines) is 1. The minimum Gasteiger partial charge on any atom is -0.489 e. The molecule has 0 spiro atoms. The molecule has 0 radical (unpaired) electrons. The maximum atomic E-state index is 12.0. The van der Waals surface area contributed by atoms with E-state index in [4.69, 9.17) is 30.8 Å². The number of thiazole rings is 1. The number of nitrogens with zero attached hydrogens (tertiary/aromatic N) is 5. The summed E-state index contributed by atoms with van der Waals surface area (Å²) in [5.74, 6) is 1.11. The van der Waals surface area contributed by atoms with E-state index in [9.17, 15) is 9.90 Å². The summed E-state index contributed by atoms with van der Waals surface area (Å²) in [6, 6.07) is 13.0. The Kier molecular flexibility index (Phi) is 8.08. The van der Waals surface area contributed by atoms with Crippen molar-refractivity contribution in [2.45, 2.75) is 64.5 Å². The van der Waals surface area contributed by atoms with Crippen molar-refractivity contribution in [2.24, 2.45) is 0 Å². The van der Waals surface area contributed by atoms with Crippen LogP contribution in [0.15, 0.2) is 60.4 Å². The summed E-state index contributed by atoms with van der Waals surface area (Å²) in [5, 5.41) is 10.4. The number of aromatic nitrogens is 4. The second-order valence-electron chi connectivity index (χ2n) is 12.1. The summed E-state index contributed by atoms with van der Waals surface area (Å²) in [4.78, 5) is 29.3. The molecular formula is C34H34ClN5O5S. The number of benzene rings is 2. The van der Waals surface area contributed by atoms with Crippen molar-refractivity contribution in [1.29, 1.82) is 0 Å². The fourth-order valence-electron chi connectivity index (χ4n) is 6.30. The van der Waals surface area contributed by atoms with E-state index in [0.29, 0.717) is 41.0 Å². The molecule has 5 heterocycles. The molecule has 46 heavy (non-hydrogen) atoms. The number of para-hydroxylation sites is 1. The average molecular weight is 660 g/mol. The first kappa shape index (κ1) is 30.5. The molecular weight excluding hydrogens is 626 g/mol. The highest BCUT2D eigenvalue weighted by Crippen LogP contribution is 2.49. The number of imidazole rings is 1. The SMILES string of the molecule is CC(C)Oc1cc(C(=O)O)cc2c1nc(CN1CCC(c3cccc4c3O[C@@](C)(c3ccc(Cl)cn3)O4)CC1)n2Cc1cncs1. The number of aromatic carboxylic acids is 1. The molecule has 2 aliphatic heterocycles. The van der Waals surface area contributed by atoms with Gasteiger partial charge in [0.2, 0.25) is 0 Å². The standard InChI is InChI=1S/C34H34ClN5O5S/c1-20(2)43-28-14-22(33(41)42)13-26-31(28)38-30(40(26)17-24-16-36-19-46-24)18-39-11-9-21(10-12-39)25-5-4-6-27-32(25)45-34(3,44-27)29-8-7-23(35)15-37-29/h4-8,13-16,19-21H,9-12,17-18H2,1-3H3,(H,41,42)/t34-/m0/s1. The van der Waals surface area contributed by atoms with Crippen LogP contribution < -0.4 is 14.2 Å². The summed E-state index contributed by atoms with van der Waals surface area (Å²) < 4.78 is 20.9. The Morgan fingerprint density at radius 1 is 1.15 bits per heavy atom. The zero-order chi connectivity index (χ0) is 32.0. The molecule has 0 saturated carbocycles. The largest absolute Gasteiger partial charge is 0.489 e. The fraction of sp³-hybridized carbons (Fsp3) is 0.353. The molecule has 1 saturated heterocycles. The van der Waals surface area contributed by atoms with Crippen LogP contribution in [0, 0.1) is 0 Å². The normalized spacial score (nSPS) is 18.5. The molecule has 0 bridgehead atoms. The number of carboxylic acids is 1. The summed E-state index contributed by atoms with van der Waals surface area (Å²) in [6.07, 6.45) is 5.20. The maximum Gasteiger partial charge on any atom is 0.335 e. The molecule has 7 rings (SSSR count). The Morgan fingerprint density at radius 2 is 1.98 bits per heavy atom. The van der Waals surface area contributed by atoms with Gasteiger partial charge in [-0.05, 0) is 76.0 Å². The van der Waals surface area contributed by atoms with Crippen LogP contribution in [0.25, 0.3) is 11.0 Å². The first-order chi connectivity index (χ1) is 22.2. The number of piperidine rings is 1. The van der Waals surface area contributed by atoms with E-state index in [1.165, 1.54) is 0 Å². The number of hydrogen-bond acceptors (Lipinski definition) is 9. The van der Waals surface area contributed by atoms with Crippen molar-refractivity contribution in [3.05, 3.63) is 92.9 Å². The monoisotopic (exact) mass is 659 g/mol. The molecule has 1 N–H and O–H groups in total. The number of pyridine rings is 1. The van der Waals surface area contributed by atoms with E-state index in [1.807, 2.05) is 45.2 Å². The molecule has 2 aliphatic rings. The van der Waals surface area contributed by atoms with Crippen LogP contribution in [0.1, 0.15) is 71.8 Å². The van der Waals surface area contributed by atoms with Gasteiger partial charge in [-0.15, -0.1) is 11.3 Å². The third kappa shape index (κ3) is 5.90. The maximum absolute atomic E-state index is 12.0. The van der Waals surface area contributed by atoms with Crippen molar-refractivity contribution in [3.8, 4) is 17.2 Å². The highest BCUT2D eigenvalue weighted by molar-refractivity contribution is 7.09. The fourth-order valence-corrected chi connectivity index (χ4v) is 6.99. The number of ether oxygens (including phenoxy) is 3. The van der Waals surface area contributed by atoms with Crippen LogP contribution in [0.2, 0.25) is 5.02 Å². The Balaban J connectivity index is 1.13. The summed E-state index contributed by atoms with van der Waals surface area (Å²) in [6.45, 7) is 8.63. The Bertz CT molecular complexity index is 1890. The molecule has 1 atom stereocenters. The van der Waals surface area contributed by atoms with Crippen LogP contribution in [-0.4, -0.2) is 54.7 Å². The quantitative estimate of drug-likeness (QED) is 0.177. The highest BCUT2D eigenvalue weighted by atomic mass is 35.5. The second-order valence-corrected chi connectivity index (χ2v) is 13.5. The Labute approximate surface area is 275 Å². The zero-order valence-corrected chi connectivity index (χ0v) is 27.3. The van der Waals surface area contributed by atoms with Crippen molar-refractivity contribution >= 4 is 39.9 Å². The molecule has 0 amide bonds. The van der Waals surface area contributed by atoms with E-state index < -0.39 is 11.8 Å². The van der Waals surface area contributed by atoms with Gasteiger partial charge in [-0.1, -0.05) is 23.7 Å². The van der Waals surface area contributed by atoms with Gasteiger partial charge in [0.1, 0.15) is 22.8 Å². The van der Waals surface area contributed by atoms with Crippen LogP contribution in [-0.2, 0) is 18.9 Å². The number of hydrogen-bond donors (Lipinski definition) is 1. The van der Waals surface area contributed by atoms with Crippen molar-refractivity contribution in [2.75, 3.05) is 13.1 Å². The molecule has 0 aliphatic carbocycles. The van der Waals surface area contributed by atoms with Gasteiger partial charge in [0.25, 0.3) is 5.79 Å². The van der Waals surface area contributed by atoms with E-state index in [0.717, 1.165) is 59.2 Å². The lowest BCUT2D eigenvalue weighted by Gasteiger charge is -2.32. The van der Waals surface area contributed by atoms with Crippen molar-refractivity contribution < 1.29 is 24.1 Å². The molecule has 238 valence electrons. The number of halogens is 1. The van der Waals surface area contributed by atoms with Crippen LogP contribution in [0.4, 0.5) is 0 Å². The predicted octanol–water partition coefficient (Wildman–Crippen LogP) is 7.10. The number of carbonyl (C=O) groups is 1. The van der Waals surface area contributed by atoms with Gasteiger partial charge >= 0.3 is 5.97 Å². The number of fused-ring (bicyclic) bond motifs is 2. The average Bonchev–Trinajstić information content (AvgIpc) is 3.76. The topological polar surface area (TPSA) is 112 Å². The highest BCUT2D eigenvalue weighted by Gasteiger charge is 2.42. The summed E-state index contributed by atoms with van der Waals surface area (Å²) >= 11 is 7.63. The van der Waals surface area contributed by atoms with E-state index >= 15 is 0 Å². The first-order valence-electron chi connectivity index (χ1n) is 15.3.